The molecule has 0 spiro atoms. The van der Waals surface area contributed by atoms with Crippen molar-refractivity contribution in [2.24, 2.45) is 11.8 Å². The van der Waals surface area contributed by atoms with E-state index in [4.69, 9.17) is 0 Å². The van der Waals surface area contributed by atoms with Crippen LogP contribution < -0.4 is 4.90 Å². The Bertz CT molecular complexity index is 737. The Kier molecular flexibility index (Phi) is 3.25. The molecule has 2 aliphatic heterocycles. The van der Waals surface area contributed by atoms with Crippen molar-refractivity contribution < 1.29 is 9.59 Å². The van der Waals surface area contributed by atoms with Gasteiger partial charge in [-0.2, -0.15) is 0 Å². The van der Waals surface area contributed by atoms with Gasteiger partial charge in [0.1, 0.15) is 5.69 Å². The van der Waals surface area contributed by atoms with E-state index in [1.807, 2.05) is 12.1 Å². The highest BCUT2D eigenvalue weighted by Crippen LogP contribution is 2.35. The average molecular weight is 309 g/mol. The number of carbonyl (C=O) groups is 2. The summed E-state index contributed by atoms with van der Waals surface area (Å²) in [6.07, 6.45) is 7.87. The van der Waals surface area contributed by atoms with Gasteiger partial charge in [-0.25, -0.2) is 4.98 Å². The Labute approximate surface area is 133 Å². The summed E-state index contributed by atoms with van der Waals surface area (Å²) >= 11 is 0. The van der Waals surface area contributed by atoms with Gasteiger partial charge in [0, 0.05) is 44.1 Å². The summed E-state index contributed by atoms with van der Waals surface area (Å²) in [6, 6.07) is 3.70. The molecular formula is C16H15N5O2. The summed E-state index contributed by atoms with van der Waals surface area (Å²) in [6.45, 7) is 1.64. The minimum Gasteiger partial charge on any atom is -0.336 e. The first-order valence-corrected chi connectivity index (χ1v) is 7.51. The third-order valence-electron chi connectivity index (χ3n) is 4.47. The van der Waals surface area contributed by atoms with Crippen LogP contribution >= 0.6 is 0 Å². The predicted octanol–water partition coefficient (Wildman–Crippen LogP) is 0.607. The van der Waals surface area contributed by atoms with Crippen LogP contribution in [0.1, 0.15) is 10.5 Å². The number of anilines is 1. The molecule has 0 radical (unpaired) electrons. The smallest absolute Gasteiger partial charge is 0.274 e. The monoisotopic (exact) mass is 309 g/mol. The summed E-state index contributed by atoms with van der Waals surface area (Å²) in [5, 5.41) is 0. The predicted molar refractivity (Wildman–Crippen MR) is 81.5 cm³/mol. The molecule has 4 rings (SSSR count). The van der Waals surface area contributed by atoms with E-state index in [0.29, 0.717) is 25.3 Å². The molecule has 0 unspecified atom stereocenters. The second kappa shape index (κ2) is 5.42. The zero-order chi connectivity index (χ0) is 15.8. The Hall–Kier alpha value is -2.83. The van der Waals surface area contributed by atoms with Gasteiger partial charge in [-0.3, -0.25) is 19.6 Å². The largest absolute Gasteiger partial charge is 0.336 e. The van der Waals surface area contributed by atoms with Crippen LogP contribution in [0.4, 0.5) is 5.69 Å². The van der Waals surface area contributed by atoms with Crippen molar-refractivity contribution in [1.82, 2.24) is 19.9 Å². The molecular weight excluding hydrogens is 294 g/mol. The minimum atomic E-state index is -0.159. The van der Waals surface area contributed by atoms with Crippen LogP contribution in [-0.2, 0) is 4.79 Å². The van der Waals surface area contributed by atoms with Gasteiger partial charge in [-0.05, 0) is 12.1 Å². The van der Waals surface area contributed by atoms with Gasteiger partial charge in [0.05, 0.1) is 24.0 Å². The third kappa shape index (κ3) is 2.34. The van der Waals surface area contributed by atoms with Crippen LogP contribution in [0.15, 0.2) is 43.1 Å². The molecule has 2 atom stereocenters. The number of fused-ring (bicyclic) bond motifs is 1. The summed E-state index contributed by atoms with van der Waals surface area (Å²) < 4.78 is 0. The lowest BCUT2D eigenvalue weighted by molar-refractivity contribution is -0.120. The maximum absolute atomic E-state index is 12.6. The number of amides is 2. The molecule has 2 aromatic heterocycles. The molecule has 2 aromatic rings. The maximum atomic E-state index is 12.6. The van der Waals surface area contributed by atoms with Crippen molar-refractivity contribution in [2.45, 2.75) is 0 Å². The molecule has 2 amide bonds. The van der Waals surface area contributed by atoms with Crippen molar-refractivity contribution in [1.29, 1.82) is 0 Å². The van der Waals surface area contributed by atoms with Crippen molar-refractivity contribution in [3.05, 3.63) is 48.8 Å². The van der Waals surface area contributed by atoms with Crippen molar-refractivity contribution in [3.63, 3.8) is 0 Å². The minimum absolute atomic E-state index is 0.0671. The van der Waals surface area contributed by atoms with E-state index < -0.39 is 0 Å². The number of pyridine rings is 1. The summed E-state index contributed by atoms with van der Waals surface area (Å²) in [5.74, 6) is -0.0789. The highest BCUT2D eigenvalue weighted by molar-refractivity contribution is 5.99. The summed E-state index contributed by atoms with van der Waals surface area (Å²) in [4.78, 5) is 40.6. The van der Waals surface area contributed by atoms with Gasteiger partial charge in [0.2, 0.25) is 5.91 Å². The summed E-state index contributed by atoms with van der Waals surface area (Å²) in [5.41, 5.74) is 1.14. The van der Waals surface area contributed by atoms with E-state index in [0.717, 1.165) is 5.69 Å². The molecule has 2 saturated heterocycles. The fraction of sp³-hybridized carbons (Fsp3) is 0.312. The highest BCUT2D eigenvalue weighted by atomic mass is 16.2. The molecule has 0 bridgehead atoms. The van der Waals surface area contributed by atoms with E-state index in [9.17, 15) is 9.59 Å². The summed E-state index contributed by atoms with van der Waals surface area (Å²) in [7, 11) is 0. The average Bonchev–Trinajstić information content (AvgIpc) is 3.16. The fourth-order valence-electron chi connectivity index (χ4n) is 3.34. The Balaban J connectivity index is 1.49. The van der Waals surface area contributed by atoms with Gasteiger partial charge in [-0.1, -0.05) is 0 Å². The normalized spacial score (nSPS) is 23.2. The Morgan fingerprint density at radius 1 is 1.09 bits per heavy atom. The van der Waals surface area contributed by atoms with Crippen molar-refractivity contribution >= 4 is 17.5 Å². The number of likely N-dealkylation sites (tertiary alicyclic amines) is 1. The van der Waals surface area contributed by atoms with Gasteiger partial charge in [0.25, 0.3) is 5.91 Å². The molecule has 2 aliphatic rings. The van der Waals surface area contributed by atoms with Gasteiger partial charge in [-0.15, -0.1) is 0 Å². The SMILES string of the molecule is O=C(c1cnccn1)N1C[C@@H]2CN(c3cccnc3)C(=O)[C@@H]2C1. The Morgan fingerprint density at radius 2 is 1.96 bits per heavy atom. The number of rotatable bonds is 2. The van der Waals surface area contributed by atoms with Crippen LogP contribution in [-0.4, -0.2) is 51.3 Å². The molecule has 4 heterocycles. The second-order valence-electron chi connectivity index (χ2n) is 5.83. The number of hydrogen-bond acceptors (Lipinski definition) is 5. The third-order valence-corrected chi connectivity index (χ3v) is 4.47. The number of hydrogen-bond donors (Lipinski definition) is 0. The lowest BCUT2D eigenvalue weighted by Gasteiger charge is -2.21. The lowest BCUT2D eigenvalue weighted by atomic mass is 10.0. The van der Waals surface area contributed by atoms with E-state index >= 15 is 0 Å². The molecule has 0 saturated carbocycles. The van der Waals surface area contributed by atoms with Crippen molar-refractivity contribution in [2.75, 3.05) is 24.5 Å². The van der Waals surface area contributed by atoms with Crippen LogP contribution in [0.3, 0.4) is 0 Å². The van der Waals surface area contributed by atoms with Crippen LogP contribution in [0.5, 0.6) is 0 Å². The molecule has 7 nitrogen and oxygen atoms in total. The van der Waals surface area contributed by atoms with E-state index in [2.05, 4.69) is 15.0 Å². The quantitative estimate of drug-likeness (QED) is 0.812. The standard InChI is InChI=1S/C16H15N5O2/c22-15-13-10-20(16(23)14-7-18-4-5-19-14)8-11(13)9-21(15)12-2-1-3-17-6-12/h1-7,11,13H,8-10H2/t11-,13-/m1/s1. The second-order valence-corrected chi connectivity index (χ2v) is 5.83. The van der Waals surface area contributed by atoms with E-state index in [-0.39, 0.29) is 23.7 Å². The van der Waals surface area contributed by atoms with Crippen LogP contribution in [0, 0.1) is 11.8 Å². The molecule has 23 heavy (non-hydrogen) atoms. The molecule has 0 aromatic carbocycles. The van der Waals surface area contributed by atoms with Crippen LogP contribution in [0.25, 0.3) is 0 Å². The molecule has 0 aliphatic carbocycles. The van der Waals surface area contributed by atoms with Crippen LogP contribution in [0.2, 0.25) is 0 Å². The Morgan fingerprint density at radius 3 is 2.65 bits per heavy atom. The topological polar surface area (TPSA) is 79.3 Å². The number of aromatic nitrogens is 3. The zero-order valence-corrected chi connectivity index (χ0v) is 12.4. The number of nitrogens with zero attached hydrogens (tertiary/aromatic N) is 5. The maximum Gasteiger partial charge on any atom is 0.274 e. The van der Waals surface area contributed by atoms with Gasteiger partial charge >= 0.3 is 0 Å². The number of carbonyl (C=O) groups excluding carboxylic acids is 2. The molecule has 0 N–H and O–H groups in total. The molecule has 7 heteroatoms. The molecule has 116 valence electrons. The van der Waals surface area contributed by atoms with E-state index in [1.54, 1.807) is 22.2 Å². The fourth-order valence-corrected chi connectivity index (χ4v) is 3.34. The first-order valence-electron chi connectivity index (χ1n) is 7.51. The molecule has 2 fully saturated rings. The van der Waals surface area contributed by atoms with Gasteiger partial charge in [0.15, 0.2) is 0 Å². The first-order chi connectivity index (χ1) is 11.2. The zero-order valence-electron chi connectivity index (χ0n) is 12.4. The lowest BCUT2D eigenvalue weighted by Crippen LogP contribution is -2.36. The first kappa shape index (κ1) is 13.8. The van der Waals surface area contributed by atoms with Crippen molar-refractivity contribution in [3.8, 4) is 0 Å². The highest BCUT2D eigenvalue weighted by Gasteiger charge is 2.48. The van der Waals surface area contributed by atoms with Gasteiger partial charge < -0.3 is 9.80 Å². The van der Waals surface area contributed by atoms with E-state index in [1.165, 1.54) is 18.6 Å².